The van der Waals surface area contributed by atoms with Crippen molar-refractivity contribution in [2.75, 3.05) is 13.1 Å². The van der Waals surface area contributed by atoms with Crippen LogP contribution in [0.5, 0.6) is 0 Å². The molecule has 0 aromatic carbocycles. The summed E-state index contributed by atoms with van der Waals surface area (Å²) in [5, 5.41) is 6.04. The Morgan fingerprint density at radius 1 is 1.21 bits per heavy atom. The number of amides is 3. The SMILES string of the molecule is O=C1NC2(CCNCC2)C(=O)N1Cc1cncnc1. The molecule has 3 rings (SSSR count). The molecule has 2 N–H and O–H groups in total. The molecule has 7 heteroatoms. The van der Waals surface area contributed by atoms with Gasteiger partial charge in [0.2, 0.25) is 0 Å². The lowest BCUT2D eigenvalue weighted by Crippen LogP contribution is -2.53. The van der Waals surface area contributed by atoms with Gasteiger partial charge in [0, 0.05) is 18.0 Å². The highest BCUT2D eigenvalue weighted by Gasteiger charge is 2.51. The molecule has 1 aromatic rings. The average Bonchev–Trinajstić information content (AvgIpc) is 2.66. The standard InChI is InChI=1S/C12H15N5O2/c18-10-12(1-3-13-4-2-12)16-11(19)17(10)7-9-5-14-8-15-6-9/h5-6,8,13H,1-4,7H2,(H,16,19). The summed E-state index contributed by atoms with van der Waals surface area (Å²) in [6, 6.07) is -0.323. The molecule has 1 spiro atoms. The van der Waals surface area contributed by atoms with Gasteiger partial charge >= 0.3 is 6.03 Å². The van der Waals surface area contributed by atoms with Crippen molar-refractivity contribution in [2.24, 2.45) is 0 Å². The van der Waals surface area contributed by atoms with Gasteiger partial charge in [-0.15, -0.1) is 0 Å². The van der Waals surface area contributed by atoms with Crippen LogP contribution in [0.4, 0.5) is 4.79 Å². The second-order valence-electron chi connectivity index (χ2n) is 4.90. The molecule has 7 nitrogen and oxygen atoms in total. The number of piperidine rings is 1. The van der Waals surface area contributed by atoms with E-state index in [1.165, 1.54) is 11.2 Å². The van der Waals surface area contributed by atoms with Crippen molar-refractivity contribution in [3.05, 3.63) is 24.3 Å². The molecule has 19 heavy (non-hydrogen) atoms. The molecule has 3 amide bonds. The third kappa shape index (κ3) is 2.06. The lowest BCUT2D eigenvalue weighted by molar-refractivity contribution is -0.132. The van der Waals surface area contributed by atoms with Gasteiger partial charge in [0.15, 0.2) is 0 Å². The fraction of sp³-hybridized carbons (Fsp3) is 0.500. The minimum atomic E-state index is -0.710. The Morgan fingerprint density at radius 2 is 1.89 bits per heavy atom. The Hall–Kier alpha value is -2.02. The lowest BCUT2D eigenvalue weighted by Gasteiger charge is -2.31. The van der Waals surface area contributed by atoms with E-state index in [-0.39, 0.29) is 18.5 Å². The van der Waals surface area contributed by atoms with Crippen molar-refractivity contribution in [2.45, 2.75) is 24.9 Å². The smallest absolute Gasteiger partial charge is 0.323 e. The molecule has 0 aliphatic carbocycles. The van der Waals surface area contributed by atoms with Gasteiger partial charge in [0.1, 0.15) is 11.9 Å². The van der Waals surface area contributed by atoms with Crippen LogP contribution < -0.4 is 10.6 Å². The number of nitrogens with one attached hydrogen (secondary N) is 2. The molecule has 3 heterocycles. The van der Waals surface area contributed by atoms with Crippen LogP contribution in [0, 0.1) is 0 Å². The predicted octanol–water partition coefficient (Wildman–Crippen LogP) is -0.349. The molecule has 0 atom stereocenters. The molecule has 1 aromatic heterocycles. The van der Waals surface area contributed by atoms with E-state index in [0.29, 0.717) is 12.8 Å². The molecule has 2 saturated heterocycles. The first-order chi connectivity index (χ1) is 9.21. The van der Waals surface area contributed by atoms with Gasteiger partial charge in [-0.1, -0.05) is 0 Å². The first-order valence-corrected chi connectivity index (χ1v) is 6.30. The van der Waals surface area contributed by atoms with Crippen molar-refractivity contribution < 1.29 is 9.59 Å². The van der Waals surface area contributed by atoms with E-state index in [2.05, 4.69) is 20.6 Å². The first-order valence-electron chi connectivity index (χ1n) is 6.30. The molecule has 0 saturated carbocycles. The molecular weight excluding hydrogens is 246 g/mol. The number of rotatable bonds is 2. The lowest BCUT2D eigenvalue weighted by atomic mass is 9.88. The zero-order chi connectivity index (χ0) is 13.3. The van der Waals surface area contributed by atoms with Crippen LogP contribution in [0.2, 0.25) is 0 Å². The van der Waals surface area contributed by atoms with E-state index >= 15 is 0 Å². The summed E-state index contributed by atoms with van der Waals surface area (Å²) in [7, 11) is 0. The van der Waals surface area contributed by atoms with Gasteiger partial charge in [0.05, 0.1) is 6.54 Å². The maximum Gasteiger partial charge on any atom is 0.325 e. The monoisotopic (exact) mass is 261 g/mol. The third-order valence-electron chi connectivity index (χ3n) is 3.66. The van der Waals surface area contributed by atoms with Gasteiger partial charge in [-0.05, 0) is 25.9 Å². The van der Waals surface area contributed by atoms with Gasteiger partial charge in [0.25, 0.3) is 5.91 Å². The van der Waals surface area contributed by atoms with Crippen LogP contribution >= 0.6 is 0 Å². The number of hydrogen-bond acceptors (Lipinski definition) is 5. The van der Waals surface area contributed by atoms with Crippen LogP contribution in [0.3, 0.4) is 0 Å². The number of imide groups is 1. The summed E-state index contributed by atoms with van der Waals surface area (Å²) in [5.74, 6) is -0.136. The van der Waals surface area contributed by atoms with Gasteiger partial charge < -0.3 is 10.6 Å². The minimum Gasteiger partial charge on any atom is -0.323 e. The molecule has 0 unspecified atom stereocenters. The van der Waals surface area contributed by atoms with Crippen molar-refractivity contribution in [3.63, 3.8) is 0 Å². The first kappa shape index (κ1) is 12.0. The zero-order valence-electron chi connectivity index (χ0n) is 10.4. The summed E-state index contributed by atoms with van der Waals surface area (Å²) in [6.45, 7) is 1.71. The van der Waals surface area contributed by atoms with E-state index in [1.54, 1.807) is 12.4 Å². The fourth-order valence-electron chi connectivity index (χ4n) is 2.61. The summed E-state index contributed by atoms with van der Waals surface area (Å²) in [6.07, 6.45) is 5.92. The van der Waals surface area contributed by atoms with E-state index in [1.807, 2.05) is 0 Å². The summed E-state index contributed by atoms with van der Waals surface area (Å²) in [5.41, 5.74) is 0.0369. The van der Waals surface area contributed by atoms with Crippen molar-refractivity contribution in [1.29, 1.82) is 0 Å². The second kappa shape index (κ2) is 4.58. The minimum absolute atomic E-state index is 0.136. The molecule has 100 valence electrons. The third-order valence-corrected chi connectivity index (χ3v) is 3.66. The Bertz CT molecular complexity index is 498. The summed E-state index contributed by atoms with van der Waals surface area (Å²) in [4.78, 5) is 33.5. The average molecular weight is 261 g/mol. The van der Waals surface area contributed by atoms with Crippen LogP contribution in [-0.2, 0) is 11.3 Å². The quantitative estimate of drug-likeness (QED) is 0.711. The van der Waals surface area contributed by atoms with Crippen LogP contribution in [0.1, 0.15) is 18.4 Å². The zero-order valence-corrected chi connectivity index (χ0v) is 10.4. The van der Waals surface area contributed by atoms with E-state index in [0.717, 1.165) is 18.7 Å². The maximum atomic E-state index is 12.5. The number of hydrogen-bond donors (Lipinski definition) is 2. The Kier molecular flexibility index (Phi) is 2.90. The maximum absolute atomic E-state index is 12.5. The van der Waals surface area contributed by atoms with E-state index in [4.69, 9.17) is 0 Å². The van der Waals surface area contributed by atoms with E-state index < -0.39 is 5.54 Å². The highest BCUT2D eigenvalue weighted by Crippen LogP contribution is 2.27. The number of urea groups is 1. The van der Waals surface area contributed by atoms with Crippen molar-refractivity contribution >= 4 is 11.9 Å². The fourth-order valence-corrected chi connectivity index (χ4v) is 2.61. The second-order valence-corrected chi connectivity index (χ2v) is 4.90. The van der Waals surface area contributed by atoms with Crippen molar-refractivity contribution in [3.8, 4) is 0 Å². The molecular formula is C12H15N5O2. The predicted molar refractivity (Wildman–Crippen MR) is 65.9 cm³/mol. The Balaban J connectivity index is 1.79. The number of carbonyl (C=O) groups excluding carboxylic acids is 2. The van der Waals surface area contributed by atoms with Crippen LogP contribution in [0.25, 0.3) is 0 Å². The van der Waals surface area contributed by atoms with Crippen LogP contribution in [0.15, 0.2) is 18.7 Å². The largest absolute Gasteiger partial charge is 0.325 e. The van der Waals surface area contributed by atoms with E-state index in [9.17, 15) is 9.59 Å². The molecule has 0 bridgehead atoms. The normalized spacial score (nSPS) is 21.8. The summed E-state index contributed by atoms with van der Waals surface area (Å²) < 4.78 is 0. The Morgan fingerprint density at radius 3 is 2.58 bits per heavy atom. The topological polar surface area (TPSA) is 87.2 Å². The molecule has 0 radical (unpaired) electrons. The molecule has 2 fully saturated rings. The number of aromatic nitrogens is 2. The summed E-state index contributed by atoms with van der Waals surface area (Å²) >= 11 is 0. The van der Waals surface area contributed by atoms with Gasteiger partial charge in [-0.3, -0.25) is 9.69 Å². The highest BCUT2D eigenvalue weighted by atomic mass is 16.2. The molecule has 2 aliphatic rings. The van der Waals surface area contributed by atoms with Crippen LogP contribution in [-0.4, -0.2) is 45.4 Å². The number of carbonyl (C=O) groups is 2. The van der Waals surface area contributed by atoms with Gasteiger partial charge in [-0.2, -0.15) is 0 Å². The highest BCUT2D eigenvalue weighted by molar-refractivity contribution is 6.07. The Labute approximate surface area is 110 Å². The number of nitrogens with zero attached hydrogens (tertiary/aromatic N) is 3. The van der Waals surface area contributed by atoms with Crippen molar-refractivity contribution in [1.82, 2.24) is 25.5 Å². The molecule has 2 aliphatic heterocycles. The van der Waals surface area contributed by atoms with Gasteiger partial charge in [-0.25, -0.2) is 14.8 Å².